The molecule has 0 aromatic heterocycles. The van der Waals surface area contributed by atoms with Crippen molar-refractivity contribution in [3.8, 4) is 0 Å². The Balaban J connectivity index is 1.74. The van der Waals surface area contributed by atoms with Crippen molar-refractivity contribution in [1.82, 2.24) is 10.6 Å². The Morgan fingerprint density at radius 3 is 2.12 bits per heavy atom. The Kier molecular flexibility index (Phi) is 13.9. The van der Waals surface area contributed by atoms with Gasteiger partial charge in [0.25, 0.3) is 0 Å². The average Bonchev–Trinajstić information content (AvgIpc) is 2.96. The van der Waals surface area contributed by atoms with E-state index in [2.05, 4.69) is 10.6 Å². The molecule has 3 fully saturated rings. The number of hydrogen-bond donors (Lipinski definition) is 13. The van der Waals surface area contributed by atoms with E-state index in [9.17, 15) is 30.6 Å². The number of nitrogens with one attached hydrogen (secondary N) is 2. The molecular formula is C24H50N6O11. The van der Waals surface area contributed by atoms with Crippen molar-refractivity contribution in [1.29, 1.82) is 0 Å². The van der Waals surface area contributed by atoms with Crippen LogP contribution < -0.4 is 33.6 Å². The van der Waals surface area contributed by atoms with Gasteiger partial charge in [-0.1, -0.05) is 0 Å². The highest BCUT2D eigenvalue weighted by Crippen LogP contribution is 2.31. The summed E-state index contributed by atoms with van der Waals surface area (Å²) >= 11 is 0. The second-order valence-electron chi connectivity index (χ2n) is 11.2. The van der Waals surface area contributed by atoms with Gasteiger partial charge in [-0.2, -0.15) is 0 Å². The van der Waals surface area contributed by atoms with Gasteiger partial charge < -0.3 is 88.3 Å². The van der Waals surface area contributed by atoms with E-state index in [4.69, 9.17) is 47.0 Å². The third-order valence-corrected chi connectivity index (χ3v) is 7.94. The topological polar surface area (TPSA) is 307 Å². The number of nitrogens with two attached hydrogens (primary N) is 4. The lowest BCUT2D eigenvalue weighted by molar-refractivity contribution is -0.314. The second-order valence-corrected chi connectivity index (χ2v) is 11.2. The highest BCUT2D eigenvalue weighted by molar-refractivity contribution is 5.02. The number of aliphatic hydroxyl groups is 7. The molecule has 0 aromatic carbocycles. The summed E-state index contributed by atoms with van der Waals surface area (Å²) in [5.74, 6) is 0. The van der Waals surface area contributed by atoms with E-state index in [0.717, 1.165) is 0 Å². The fourth-order valence-electron chi connectivity index (χ4n) is 5.41. The molecule has 2 saturated heterocycles. The van der Waals surface area contributed by atoms with Crippen molar-refractivity contribution in [2.75, 3.05) is 39.5 Å². The second kappa shape index (κ2) is 16.4. The Morgan fingerprint density at radius 2 is 1.49 bits per heavy atom. The average molecular weight is 599 g/mol. The zero-order chi connectivity index (χ0) is 30.3. The zero-order valence-electron chi connectivity index (χ0n) is 23.1. The summed E-state index contributed by atoms with van der Waals surface area (Å²) < 4.78 is 23.8. The van der Waals surface area contributed by atoms with Crippen LogP contribution in [0, 0.1) is 0 Å². The lowest BCUT2D eigenvalue weighted by Gasteiger charge is -2.49. The first-order valence-electron chi connectivity index (χ1n) is 14.1. The van der Waals surface area contributed by atoms with Crippen LogP contribution in [-0.2, 0) is 18.9 Å². The molecule has 0 bridgehead atoms. The summed E-state index contributed by atoms with van der Waals surface area (Å²) in [6, 6.07) is -4.40. The highest BCUT2D eigenvalue weighted by atomic mass is 16.7. The molecule has 1 aliphatic carbocycles. The van der Waals surface area contributed by atoms with Crippen LogP contribution in [0.4, 0.5) is 0 Å². The standard InChI is InChI=1S/C24H50N6O11/c25-10(6-31)4-29-5-12-1-2-13(26)23(38-12)40-21-14(27)3-15(30-11(7-32)8-33)22(20(21)37)41-24-19(36)17(28)18(35)16(9-34)39-24/h10-24,29-37H,1-9,25-28H2/t10?,12-,13+,14-,15+,16+,17-,18+,19+,20-,21?,22-,23+,24+/m0/s1. The fourth-order valence-corrected chi connectivity index (χ4v) is 5.41. The van der Waals surface area contributed by atoms with Crippen LogP contribution in [0.15, 0.2) is 0 Å². The highest BCUT2D eigenvalue weighted by Gasteiger charge is 2.50. The number of aliphatic hydroxyl groups excluding tert-OH is 7. The molecule has 0 spiro atoms. The predicted octanol–water partition coefficient (Wildman–Crippen LogP) is -7.33. The molecule has 2 unspecified atom stereocenters. The minimum Gasteiger partial charge on any atom is -0.395 e. The SMILES string of the molecule is NC(CO)CNC[C@@H]1CC[C@@H](N)[C@@H](OC2[C@@H](N)C[C@@H](NC(CO)CO)[C@H](O[C@H]3O[C@H](CO)[C@@H](O)[C@H](N)[C@H]3O)[C@H]2O)O1. The maximum absolute atomic E-state index is 11.5. The number of hydrogen-bond acceptors (Lipinski definition) is 17. The minimum atomic E-state index is -1.51. The summed E-state index contributed by atoms with van der Waals surface area (Å²) in [6.45, 7) is -0.748. The first-order chi connectivity index (χ1) is 19.5. The Bertz CT molecular complexity index is 759. The van der Waals surface area contributed by atoms with Gasteiger partial charge in [-0.3, -0.25) is 0 Å². The third kappa shape index (κ3) is 8.93. The summed E-state index contributed by atoms with van der Waals surface area (Å²) in [5, 5.41) is 76.4. The van der Waals surface area contributed by atoms with Crippen LogP contribution in [0.1, 0.15) is 19.3 Å². The van der Waals surface area contributed by atoms with Crippen molar-refractivity contribution in [3.63, 3.8) is 0 Å². The van der Waals surface area contributed by atoms with Gasteiger partial charge in [0.15, 0.2) is 12.6 Å². The maximum Gasteiger partial charge on any atom is 0.186 e. The largest absolute Gasteiger partial charge is 0.395 e. The molecule has 41 heavy (non-hydrogen) atoms. The fraction of sp³-hybridized carbons (Fsp3) is 1.00. The van der Waals surface area contributed by atoms with Crippen LogP contribution in [0.5, 0.6) is 0 Å². The molecule has 17 heteroatoms. The Morgan fingerprint density at radius 1 is 0.805 bits per heavy atom. The molecule has 0 aromatic rings. The van der Waals surface area contributed by atoms with Gasteiger partial charge in [0, 0.05) is 31.2 Å². The number of rotatable bonds is 14. The van der Waals surface area contributed by atoms with Gasteiger partial charge in [-0.25, -0.2) is 0 Å². The van der Waals surface area contributed by atoms with E-state index in [-0.39, 0.29) is 19.1 Å². The summed E-state index contributed by atoms with van der Waals surface area (Å²) in [5.41, 5.74) is 24.4. The first-order valence-corrected chi connectivity index (χ1v) is 14.1. The minimum absolute atomic E-state index is 0.149. The zero-order valence-corrected chi connectivity index (χ0v) is 23.1. The smallest absolute Gasteiger partial charge is 0.186 e. The van der Waals surface area contributed by atoms with Crippen molar-refractivity contribution in [2.45, 2.75) is 111 Å². The summed E-state index contributed by atoms with van der Waals surface area (Å²) in [4.78, 5) is 0. The van der Waals surface area contributed by atoms with Crippen molar-refractivity contribution >= 4 is 0 Å². The predicted molar refractivity (Wildman–Crippen MR) is 143 cm³/mol. The number of ether oxygens (including phenoxy) is 4. The van der Waals surface area contributed by atoms with Crippen LogP contribution in [0.2, 0.25) is 0 Å². The van der Waals surface area contributed by atoms with Gasteiger partial charge in [-0.15, -0.1) is 0 Å². The molecule has 3 rings (SSSR count). The summed E-state index contributed by atoms with van der Waals surface area (Å²) in [7, 11) is 0. The lowest BCUT2D eigenvalue weighted by Crippen LogP contribution is -2.69. The van der Waals surface area contributed by atoms with E-state index >= 15 is 0 Å². The van der Waals surface area contributed by atoms with Gasteiger partial charge in [0.1, 0.15) is 36.6 Å². The molecule has 3 aliphatic rings. The van der Waals surface area contributed by atoms with Gasteiger partial charge in [-0.05, 0) is 19.3 Å². The third-order valence-electron chi connectivity index (χ3n) is 7.94. The lowest BCUT2D eigenvalue weighted by atomic mass is 9.83. The molecule has 0 radical (unpaired) electrons. The molecule has 2 aliphatic heterocycles. The van der Waals surface area contributed by atoms with Crippen LogP contribution in [0.25, 0.3) is 0 Å². The summed E-state index contributed by atoms with van der Waals surface area (Å²) in [6.07, 6.45) is -8.91. The first kappa shape index (κ1) is 34.8. The monoisotopic (exact) mass is 598 g/mol. The van der Waals surface area contributed by atoms with Gasteiger partial charge >= 0.3 is 0 Å². The molecule has 17 nitrogen and oxygen atoms in total. The van der Waals surface area contributed by atoms with Gasteiger partial charge in [0.05, 0.1) is 50.7 Å². The maximum atomic E-state index is 11.5. The molecule has 242 valence electrons. The Hall–Kier alpha value is -0.680. The molecule has 17 N–H and O–H groups in total. The van der Waals surface area contributed by atoms with Crippen molar-refractivity contribution < 1.29 is 54.7 Å². The van der Waals surface area contributed by atoms with Crippen LogP contribution >= 0.6 is 0 Å². The van der Waals surface area contributed by atoms with Crippen LogP contribution in [-0.4, -0.2) is 167 Å². The van der Waals surface area contributed by atoms with Crippen molar-refractivity contribution in [3.05, 3.63) is 0 Å². The Labute approximate surface area is 239 Å². The molecule has 1 saturated carbocycles. The molecule has 2 heterocycles. The molecular weight excluding hydrogens is 548 g/mol. The van der Waals surface area contributed by atoms with E-state index in [1.165, 1.54) is 0 Å². The van der Waals surface area contributed by atoms with E-state index in [1.54, 1.807) is 0 Å². The molecule has 0 amide bonds. The van der Waals surface area contributed by atoms with E-state index < -0.39 is 105 Å². The van der Waals surface area contributed by atoms with Gasteiger partial charge in [0.2, 0.25) is 0 Å². The normalized spacial score (nSPS) is 42.9. The molecule has 14 atom stereocenters. The van der Waals surface area contributed by atoms with E-state index in [1.807, 2.05) is 0 Å². The van der Waals surface area contributed by atoms with E-state index in [0.29, 0.717) is 25.9 Å². The quantitative estimate of drug-likeness (QED) is 0.0883. The van der Waals surface area contributed by atoms with Crippen LogP contribution in [0.3, 0.4) is 0 Å². The van der Waals surface area contributed by atoms with Crippen molar-refractivity contribution in [2.24, 2.45) is 22.9 Å².